The van der Waals surface area contributed by atoms with Gasteiger partial charge in [-0.15, -0.1) is 0 Å². The summed E-state index contributed by atoms with van der Waals surface area (Å²) in [6, 6.07) is 4.34. The van der Waals surface area contributed by atoms with E-state index in [1.54, 1.807) is 12.1 Å². The third-order valence-electron chi connectivity index (χ3n) is 3.59. The smallest absolute Gasteiger partial charge is 0.422 e. The second-order valence-electron chi connectivity index (χ2n) is 5.64. The minimum absolute atomic E-state index is 0.0836. The van der Waals surface area contributed by atoms with E-state index in [2.05, 4.69) is 15.4 Å². The van der Waals surface area contributed by atoms with Crippen LogP contribution in [0.2, 0.25) is 0 Å². The normalized spacial score (nSPS) is 13.6. The van der Waals surface area contributed by atoms with Crippen LogP contribution in [0, 0.1) is 5.92 Å². The molecule has 1 aromatic rings. The topological polar surface area (TPSA) is 93.5 Å². The molecule has 0 fully saturated rings. The lowest BCUT2D eigenvalue weighted by Gasteiger charge is -2.22. The van der Waals surface area contributed by atoms with E-state index in [9.17, 15) is 22.8 Å². The largest absolute Gasteiger partial charge is 0.484 e. The Kier molecular flexibility index (Phi) is 7.53. The zero-order chi connectivity index (χ0) is 19.0. The lowest BCUT2D eigenvalue weighted by Crippen LogP contribution is -2.51. The zero-order valence-electron chi connectivity index (χ0n) is 14.0. The number of halogens is 3. The second kappa shape index (κ2) is 9.14. The van der Waals surface area contributed by atoms with Crippen LogP contribution in [0.4, 0.5) is 18.0 Å². The summed E-state index contributed by atoms with van der Waals surface area (Å²) in [6.07, 6.45) is -3.73. The predicted molar refractivity (Wildman–Crippen MR) is 85.8 cm³/mol. The fourth-order valence-electron chi connectivity index (χ4n) is 2.02. The third-order valence-corrected chi connectivity index (χ3v) is 3.59. The number of urea groups is 1. The van der Waals surface area contributed by atoms with Crippen molar-refractivity contribution in [3.8, 4) is 5.75 Å². The molecule has 0 aromatic heterocycles. The van der Waals surface area contributed by atoms with E-state index in [1.165, 1.54) is 12.1 Å². The molecule has 0 aliphatic heterocycles. The maximum atomic E-state index is 12.2. The van der Waals surface area contributed by atoms with Gasteiger partial charge in [-0.1, -0.05) is 32.4 Å². The molecule has 0 aliphatic carbocycles. The van der Waals surface area contributed by atoms with Gasteiger partial charge in [-0.25, -0.2) is 4.79 Å². The average molecular weight is 361 g/mol. The third kappa shape index (κ3) is 7.77. The molecular formula is C16H22F3N3O3. The molecule has 0 saturated heterocycles. The Morgan fingerprint density at radius 1 is 1.24 bits per heavy atom. The molecule has 2 atom stereocenters. The van der Waals surface area contributed by atoms with E-state index in [-0.39, 0.29) is 24.1 Å². The van der Waals surface area contributed by atoms with Gasteiger partial charge in [0.2, 0.25) is 5.91 Å². The minimum Gasteiger partial charge on any atom is -0.484 e. The fraction of sp³-hybridized carbons (Fsp3) is 0.500. The Balaban J connectivity index is 2.58. The highest BCUT2D eigenvalue weighted by atomic mass is 19.4. The van der Waals surface area contributed by atoms with Gasteiger partial charge in [0.15, 0.2) is 6.61 Å². The number of nitrogens with one attached hydrogen (secondary N) is 2. The van der Waals surface area contributed by atoms with Crippen molar-refractivity contribution in [1.29, 1.82) is 0 Å². The first kappa shape index (κ1) is 20.6. The number of carbonyl (C=O) groups excluding carboxylic acids is 2. The van der Waals surface area contributed by atoms with E-state index < -0.39 is 24.9 Å². The molecule has 25 heavy (non-hydrogen) atoms. The van der Waals surface area contributed by atoms with Gasteiger partial charge in [-0.05, 0) is 23.6 Å². The molecule has 6 nitrogen and oxygen atoms in total. The molecule has 0 radical (unpaired) electrons. The summed E-state index contributed by atoms with van der Waals surface area (Å²) >= 11 is 0. The molecule has 140 valence electrons. The van der Waals surface area contributed by atoms with Gasteiger partial charge in [0.05, 0.1) is 0 Å². The summed E-state index contributed by atoms with van der Waals surface area (Å²) in [5.74, 6) is -0.406. The van der Waals surface area contributed by atoms with E-state index in [0.717, 1.165) is 0 Å². The van der Waals surface area contributed by atoms with Crippen LogP contribution in [-0.4, -0.2) is 30.8 Å². The predicted octanol–water partition coefficient (Wildman–Crippen LogP) is 2.33. The fourth-order valence-corrected chi connectivity index (χ4v) is 2.02. The molecule has 0 heterocycles. The van der Waals surface area contributed by atoms with Crippen molar-refractivity contribution < 1.29 is 27.5 Å². The van der Waals surface area contributed by atoms with Gasteiger partial charge in [-0.2, -0.15) is 13.2 Å². The van der Waals surface area contributed by atoms with Crippen molar-refractivity contribution in [3.05, 3.63) is 29.8 Å². The quantitative estimate of drug-likeness (QED) is 0.663. The second-order valence-corrected chi connectivity index (χ2v) is 5.64. The van der Waals surface area contributed by atoms with Crippen LogP contribution in [0.25, 0.3) is 0 Å². The summed E-state index contributed by atoms with van der Waals surface area (Å²) in [5, 5.41) is 5.07. The molecule has 0 bridgehead atoms. The van der Waals surface area contributed by atoms with Crippen LogP contribution in [-0.2, 0) is 11.3 Å². The van der Waals surface area contributed by atoms with E-state index in [4.69, 9.17) is 5.73 Å². The number of nitrogens with two attached hydrogens (primary N) is 1. The Hall–Kier alpha value is -2.45. The molecule has 9 heteroatoms. The van der Waals surface area contributed by atoms with Gasteiger partial charge >= 0.3 is 12.2 Å². The first-order valence-corrected chi connectivity index (χ1v) is 7.74. The lowest BCUT2D eigenvalue weighted by atomic mass is 9.98. The van der Waals surface area contributed by atoms with Gasteiger partial charge in [0.25, 0.3) is 0 Å². The number of rotatable bonds is 8. The van der Waals surface area contributed by atoms with Crippen molar-refractivity contribution >= 4 is 11.9 Å². The summed E-state index contributed by atoms with van der Waals surface area (Å²) in [7, 11) is 0. The molecule has 1 rings (SSSR count). The van der Waals surface area contributed by atoms with Crippen molar-refractivity contribution in [2.24, 2.45) is 11.7 Å². The standard InChI is InChI=1S/C16H22F3N3O3/c1-3-10(2)13(22-15(20)24)14(23)21-8-11-4-6-12(7-5-11)25-9-16(17,18)19/h4-7,10,13H,3,8-9H2,1-2H3,(H,21,23)(H3,20,22,24). The van der Waals surface area contributed by atoms with Crippen LogP contribution in [0.3, 0.4) is 0 Å². The summed E-state index contributed by atoms with van der Waals surface area (Å²) in [5.41, 5.74) is 5.76. The van der Waals surface area contributed by atoms with E-state index in [1.807, 2.05) is 13.8 Å². The summed E-state index contributed by atoms with van der Waals surface area (Å²) < 4.78 is 40.8. The molecule has 0 spiro atoms. The van der Waals surface area contributed by atoms with Crippen LogP contribution >= 0.6 is 0 Å². The SMILES string of the molecule is CCC(C)C(NC(N)=O)C(=O)NCc1ccc(OCC(F)(F)F)cc1. The van der Waals surface area contributed by atoms with Gasteiger partial charge in [-0.3, -0.25) is 4.79 Å². The maximum Gasteiger partial charge on any atom is 0.422 e. The van der Waals surface area contributed by atoms with Crippen LogP contribution in [0.15, 0.2) is 24.3 Å². The molecule has 3 amide bonds. The van der Waals surface area contributed by atoms with Gasteiger partial charge in [0.1, 0.15) is 11.8 Å². The Bertz CT molecular complexity index is 576. The number of hydrogen-bond acceptors (Lipinski definition) is 3. The average Bonchev–Trinajstić information content (AvgIpc) is 2.55. The lowest BCUT2D eigenvalue weighted by molar-refractivity contribution is -0.153. The highest BCUT2D eigenvalue weighted by Crippen LogP contribution is 2.19. The highest BCUT2D eigenvalue weighted by molar-refractivity contribution is 5.86. The zero-order valence-corrected chi connectivity index (χ0v) is 14.0. The van der Waals surface area contributed by atoms with Crippen molar-refractivity contribution in [2.45, 2.75) is 39.0 Å². The molecule has 2 unspecified atom stereocenters. The van der Waals surface area contributed by atoms with Gasteiger partial charge in [0, 0.05) is 6.54 Å². The van der Waals surface area contributed by atoms with Crippen molar-refractivity contribution in [3.63, 3.8) is 0 Å². The van der Waals surface area contributed by atoms with Crippen LogP contribution in [0.5, 0.6) is 5.75 Å². The van der Waals surface area contributed by atoms with Gasteiger partial charge < -0.3 is 21.1 Å². The Morgan fingerprint density at radius 3 is 2.32 bits per heavy atom. The molecule has 1 aromatic carbocycles. The number of primary amides is 1. The summed E-state index contributed by atoms with van der Waals surface area (Å²) in [6.45, 7) is 2.49. The first-order valence-electron chi connectivity index (χ1n) is 7.74. The number of benzene rings is 1. The number of alkyl halides is 3. The number of ether oxygens (including phenoxy) is 1. The Labute approximate surface area is 143 Å². The number of amides is 3. The molecular weight excluding hydrogens is 339 g/mol. The van der Waals surface area contributed by atoms with E-state index in [0.29, 0.717) is 12.0 Å². The van der Waals surface area contributed by atoms with Crippen LogP contribution in [0.1, 0.15) is 25.8 Å². The van der Waals surface area contributed by atoms with E-state index >= 15 is 0 Å². The highest BCUT2D eigenvalue weighted by Gasteiger charge is 2.28. The molecule has 4 N–H and O–H groups in total. The number of hydrogen-bond donors (Lipinski definition) is 3. The molecule has 0 aliphatic rings. The minimum atomic E-state index is -4.40. The number of carbonyl (C=O) groups is 2. The maximum absolute atomic E-state index is 12.2. The van der Waals surface area contributed by atoms with Crippen molar-refractivity contribution in [2.75, 3.05) is 6.61 Å². The first-order chi connectivity index (χ1) is 11.6. The molecule has 0 saturated carbocycles. The monoisotopic (exact) mass is 361 g/mol. The Morgan fingerprint density at radius 2 is 1.84 bits per heavy atom. The van der Waals surface area contributed by atoms with Crippen molar-refractivity contribution in [1.82, 2.24) is 10.6 Å². The van der Waals surface area contributed by atoms with Crippen LogP contribution < -0.4 is 21.1 Å². The summed E-state index contributed by atoms with van der Waals surface area (Å²) in [4.78, 5) is 23.2.